The van der Waals surface area contributed by atoms with Crippen LogP contribution >= 0.6 is 11.3 Å². The molecule has 0 saturated carbocycles. The molecule has 0 aromatic carbocycles. The average Bonchev–Trinajstić information content (AvgIpc) is 3.01. The van der Waals surface area contributed by atoms with E-state index >= 15 is 0 Å². The Labute approximate surface area is 128 Å². The maximum Gasteiger partial charge on any atom is 0.261 e. The third-order valence-electron chi connectivity index (χ3n) is 2.63. The first-order valence-corrected chi connectivity index (χ1v) is 7.89. The molecular weight excluding hydrogens is 292 g/mol. The second-order valence-corrected chi connectivity index (χ2v) is 5.32. The molecule has 0 aliphatic rings. The second kappa shape index (κ2) is 11.2. The summed E-state index contributed by atoms with van der Waals surface area (Å²) in [7, 11) is 0. The number of aliphatic hydroxyl groups is 1. The van der Waals surface area contributed by atoms with Gasteiger partial charge in [0.15, 0.2) is 0 Å². The first kappa shape index (κ1) is 17.6. The van der Waals surface area contributed by atoms with E-state index in [0.29, 0.717) is 44.0 Å². The number of thiophene rings is 1. The molecule has 118 valence electrons. The zero-order valence-corrected chi connectivity index (χ0v) is 12.8. The van der Waals surface area contributed by atoms with E-state index in [1.807, 2.05) is 11.4 Å². The summed E-state index contributed by atoms with van der Waals surface area (Å²) >= 11 is 1.40. The molecule has 0 saturated heterocycles. The van der Waals surface area contributed by atoms with Gasteiger partial charge >= 0.3 is 0 Å². The minimum atomic E-state index is -0.0913. The highest BCUT2D eigenvalue weighted by molar-refractivity contribution is 7.12. The van der Waals surface area contributed by atoms with Crippen molar-refractivity contribution in [1.82, 2.24) is 10.6 Å². The monoisotopic (exact) mass is 314 g/mol. The number of nitrogens with one attached hydrogen (secondary N) is 2. The molecule has 0 radical (unpaired) electrons. The number of hydrogen-bond donors (Lipinski definition) is 3. The third-order valence-corrected chi connectivity index (χ3v) is 3.50. The van der Waals surface area contributed by atoms with Gasteiger partial charge in [-0.2, -0.15) is 0 Å². The molecule has 0 bridgehead atoms. The molecule has 1 aromatic rings. The van der Waals surface area contributed by atoms with Gasteiger partial charge in [-0.15, -0.1) is 11.3 Å². The van der Waals surface area contributed by atoms with Gasteiger partial charge in [0, 0.05) is 26.1 Å². The second-order valence-electron chi connectivity index (χ2n) is 4.38. The molecule has 7 heteroatoms. The number of rotatable bonds is 11. The first-order valence-electron chi connectivity index (χ1n) is 7.01. The molecule has 1 rings (SSSR count). The molecule has 1 aromatic heterocycles. The van der Waals surface area contributed by atoms with E-state index in [-0.39, 0.29) is 18.4 Å². The lowest BCUT2D eigenvalue weighted by Gasteiger charge is -2.06. The quantitative estimate of drug-likeness (QED) is 0.527. The Bertz CT molecular complexity index is 409. The van der Waals surface area contributed by atoms with Crippen molar-refractivity contribution in [3.63, 3.8) is 0 Å². The van der Waals surface area contributed by atoms with Gasteiger partial charge in [0.2, 0.25) is 5.91 Å². The Hall–Kier alpha value is -1.44. The number of aliphatic hydroxyl groups excluding tert-OH is 1. The number of hydrogen-bond acceptors (Lipinski definition) is 5. The smallest absolute Gasteiger partial charge is 0.261 e. The predicted molar refractivity (Wildman–Crippen MR) is 81.4 cm³/mol. The van der Waals surface area contributed by atoms with Crippen LogP contribution in [0, 0.1) is 0 Å². The van der Waals surface area contributed by atoms with E-state index in [1.165, 1.54) is 11.3 Å². The Morgan fingerprint density at radius 3 is 2.71 bits per heavy atom. The van der Waals surface area contributed by atoms with Gasteiger partial charge in [-0.3, -0.25) is 9.59 Å². The van der Waals surface area contributed by atoms with Gasteiger partial charge in [0.05, 0.1) is 18.1 Å². The maximum atomic E-state index is 11.6. The molecule has 1 heterocycles. The van der Waals surface area contributed by atoms with Crippen LogP contribution < -0.4 is 10.6 Å². The molecule has 0 atom stereocenters. The van der Waals surface area contributed by atoms with Gasteiger partial charge in [-0.25, -0.2) is 0 Å². The molecule has 0 fully saturated rings. The largest absolute Gasteiger partial charge is 0.394 e. The summed E-state index contributed by atoms with van der Waals surface area (Å²) in [5, 5.41) is 15.9. The van der Waals surface area contributed by atoms with E-state index in [4.69, 9.17) is 9.84 Å². The standard InChI is InChI=1S/C14H22N2O4S/c17-8-10-20-9-3-7-15-13(18)5-1-6-16-14(19)12-4-2-11-21-12/h2,4,11,17H,1,3,5-10H2,(H,15,18)(H,16,19). The normalized spacial score (nSPS) is 10.3. The van der Waals surface area contributed by atoms with Crippen LogP contribution in [0.15, 0.2) is 17.5 Å². The van der Waals surface area contributed by atoms with Gasteiger partial charge in [0.1, 0.15) is 0 Å². The molecule has 6 nitrogen and oxygen atoms in total. The van der Waals surface area contributed by atoms with Crippen molar-refractivity contribution in [1.29, 1.82) is 0 Å². The fourth-order valence-corrected chi connectivity index (χ4v) is 2.24. The van der Waals surface area contributed by atoms with E-state index in [0.717, 1.165) is 6.42 Å². The maximum absolute atomic E-state index is 11.6. The molecule has 2 amide bonds. The molecule has 0 aliphatic carbocycles. The van der Waals surface area contributed by atoms with Crippen LogP contribution in [0.25, 0.3) is 0 Å². The molecule has 0 aliphatic heterocycles. The van der Waals surface area contributed by atoms with Gasteiger partial charge in [-0.1, -0.05) is 6.07 Å². The lowest BCUT2D eigenvalue weighted by Crippen LogP contribution is -2.28. The van der Waals surface area contributed by atoms with Crippen LogP contribution in [0.5, 0.6) is 0 Å². The highest BCUT2D eigenvalue weighted by Gasteiger charge is 2.06. The molecule has 21 heavy (non-hydrogen) atoms. The van der Waals surface area contributed by atoms with Crippen LogP contribution in [0.2, 0.25) is 0 Å². The Morgan fingerprint density at radius 1 is 1.19 bits per heavy atom. The van der Waals surface area contributed by atoms with Crippen molar-refractivity contribution in [2.24, 2.45) is 0 Å². The van der Waals surface area contributed by atoms with Crippen LogP contribution in [-0.4, -0.2) is 49.8 Å². The summed E-state index contributed by atoms with van der Waals surface area (Å²) in [4.78, 5) is 23.8. The Kier molecular flexibility index (Phi) is 9.43. The summed E-state index contributed by atoms with van der Waals surface area (Å²) in [5.74, 6) is -0.117. The third kappa shape index (κ3) is 8.44. The summed E-state index contributed by atoms with van der Waals surface area (Å²) in [6, 6.07) is 3.60. The average molecular weight is 314 g/mol. The number of carbonyl (C=O) groups excluding carboxylic acids is 2. The highest BCUT2D eigenvalue weighted by Crippen LogP contribution is 2.07. The minimum Gasteiger partial charge on any atom is -0.394 e. The highest BCUT2D eigenvalue weighted by atomic mass is 32.1. The van der Waals surface area contributed by atoms with Crippen molar-refractivity contribution in [2.75, 3.05) is 32.9 Å². The van der Waals surface area contributed by atoms with Gasteiger partial charge in [-0.05, 0) is 24.3 Å². The summed E-state index contributed by atoms with van der Waals surface area (Å²) < 4.78 is 5.08. The summed E-state index contributed by atoms with van der Waals surface area (Å²) in [6.07, 6.45) is 1.73. The zero-order chi connectivity index (χ0) is 15.3. The molecule has 0 unspecified atom stereocenters. The SMILES string of the molecule is O=C(CCCNC(=O)c1cccs1)NCCCOCCO. The zero-order valence-electron chi connectivity index (χ0n) is 12.0. The van der Waals surface area contributed by atoms with E-state index in [1.54, 1.807) is 6.07 Å². The Balaban J connectivity index is 1.95. The van der Waals surface area contributed by atoms with Crippen LogP contribution in [0.3, 0.4) is 0 Å². The summed E-state index contributed by atoms with van der Waals surface area (Å²) in [6.45, 7) is 1.93. The van der Waals surface area contributed by atoms with Crippen molar-refractivity contribution in [3.05, 3.63) is 22.4 Å². The lowest BCUT2D eigenvalue weighted by molar-refractivity contribution is -0.121. The van der Waals surface area contributed by atoms with Crippen molar-refractivity contribution in [3.8, 4) is 0 Å². The number of carbonyl (C=O) groups is 2. The fraction of sp³-hybridized carbons (Fsp3) is 0.571. The minimum absolute atomic E-state index is 0.0174. The van der Waals surface area contributed by atoms with E-state index < -0.39 is 0 Å². The van der Waals surface area contributed by atoms with Gasteiger partial charge in [0.25, 0.3) is 5.91 Å². The fourth-order valence-electron chi connectivity index (χ4n) is 1.60. The van der Waals surface area contributed by atoms with Crippen molar-refractivity contribution in [2.45, 2.75) is 19.3 Å². The van der Waals surface area contributed by atoms with Crippen molar-refractivity contribution >= 4 is 23.2 Å². The Morgan fingerprint density at radius 2 is 2.00 bits per heavy atom. The summed E-state index contributed by atoms with van der Waals surface area (Å²) in [5.41, 5.74) is 0. The van der Waals surface area contributed by atoms with Crippen LogP contribution in [0.1, 0.15) is 28.9 Å². The number of amides is 2. The molecule has 0 spiro atoms. The molecular formula is C14H22N2O4S. The number of ether oxygens (including phenoxy) is 1. The van der Waals surface area contributed by atoms with Crippen molar-refractivity contribution < 1.29 is 19.4 Å². The van der Waals surface area contributed by atoms with E-state index in [9.17, 15) is 9.59 Å². The van der Waals surface area contributed by atoms with Gasteiger partial charge < -0.3 is 20.5 Å². The van der Waals surface area contributed by atoms with Crippen LogP contribution in [0.4, 0.5) is 0 Å². The van der Waals surface area contributed by atoms with E-state index in [2.05, 4.69) is 10.6 Å². The first-order chi connectivity index (χ1) is 10.2. The molecule has 3 N–H and O–H groups in total. The van der Waals surface area contributed by atoms with Crippen LogP contribution in [-0.2, 0) is 9.53 Å². The predicted octanol–water partition coefficient (Wildman–Crippen LogP) is 0.773. The lowest BCUT2D eigenvalue weighted by atomic mass is 10.3. The topological polar surface area (TPSA) is 87.7 Å².